The van der Waals surface area contributed by atoms with Gasteiger partial charge in [0.25, 0.3) is 0 Å². The maximum Gasteiger partial charge on any atom is 0.240 e. The number of amides is 3. The van der Waals surface area contributed by atoms with E-state index in [9.17, 15) is 14.4 Å². The van der Waals surface area contributed by atoms with Crippen LogP contribution < -0.4 is 4.90 Å². The Morgan fingerprint density at radius 2 is 1.64 bits per heavy atom. The van der Waals surface area contributed by atoms with Crippen molar-refractivity contribution >= 4 is 29.1 Å². The highest BCUT2D eigenvalue weighted by atomic mass is 16.2. The lowest BCUT2D eigenvalue weighted by atomic mass is 9.85. The molecule has 1 saturated carbocycles. The Labute approximate surface area is 192 Å². The lowest BCUT2D eigenvalue weighted by Crippen LogP contribution is -2.32. The van der Waals surface area contributed by atoms with E-state index in [1.165, 1.54) is 11.8 Å². The average molecular weight is 440 g/mol. The van der Waals surface area contributed by atoms with Crippen molar-refractivity contribution in [1.82, 2.24) is 5.01 Å². The minimum atomic E-state index is -0.203. The van der Waals surface area contributed by atoms with Gasteiger partial charge in [0.05, 0.1) is 29.3 Å². The molecule has 2 aromatic rings. The Balaban J connectivity index is 1.26. The topological polar surface area (TPSA) is 70.1 Å². The first-order valence-electron chi connectivity index (χ1n) is 11.5. The minimum Gasteiger partial charge on any atom is -0.274 e. The smallest absolute Gasteiger partial charge is 0.240 e. The molecule has 1 saturated heterocycles. The van der Waals surface area contributed by atoms with Gasteiger partial charge in [0.15, 0.2) is 0 Å². The van der Waals surface area contributed by atoms with Crippen LogP contribution in [-0.4, -0.2) is 28.4 Å². The van der Waals surface area contributed by atoms with Crippen molar-refractivity contribution in [1.29, 1.82) is 0 Å². The number of carbonyl (C=O) groups is 3. The third kappa shape index (κ3) is 3.00. The highest BCUT2D eigenvalue weighted by molar-refractivity contribution is 6.23. The van der Waals surface area contributed by atoms with Crippen molar-refractivity contribution in [3.8, 4) is 0 Å². The van der Waals surface area contributed by atoms with Crippen molar-refractivity contribution in [3.05, 3.63) is 77.4 Å². The van der Waals surface area contributed by atoms with Crippen LogP contribution in [-0.2, 0) is 14.4 Å². The molecule has 2 aromatic carbocycles. The van der Waals surface area contributed by atoms with Crippen molar-refractivity contribution in [2.45, 2.75) is 32.7 Å². The number of hydrazone groups is 1. The van der Waals surface area contributed by atoms with E-state index in [2.05, 4.69) is 23.3 Å². The van der Waals surface area contributed by atoms with Gasteiger partial charge >= 0.3 is 0 Å². The predicted octanol–water partition coefficient (Wildman–Crippen LogP) is 4.00. The molecule has 0 aromatic heterocycles. The van der Waals surface area contributed by atoms with Gasteiger partial charge in [-0.15, -0.1) is 0 Å². The van der Waals surface area contributed by atoms with Gasteiger partial charge in [-0.05, 0) is 48.4 Å². The van der Waals surface area contributed by atoms with E-state index < -0.39 is 0 Å². The molecule has 1 unspecified atom stereocenters. The number of carbonyl (C=O) groups excluding carboxylic acids is 3. The van der Waals surface area contributed by atoms with Crippen LogP contribution in [0.1, 0.15) is 42.5 Å². The molecule has 3 amide bonds. The summed E-state index contributed by atoms with van der Waals surface area (Å²) >= 11 is 0. The van der Waals surface area contributed by atoms with E-state index in [0.717, 1.165) is 28.8 Å². The Kier molecular flexibility index (Phi) is 4.41. The van der Waals surface area contributed by atoms with Crippen LogP contribution in [0, 0.1) is 30.6 Å². The van der Waals surface area contributed by atoms with Gasteiger partial charge in [-0.3, -0.25) is 19.3 Å². The monoisotopic (exact) mass is 439 g/mol. The molecule has 33 heavy (non-hydrogen) atoms. The molecule has 0 spiro atoms. The van der Waals surface area contributed by atoms with Crippen LogP contribution in [0.25, 0.3) is 0 Å². The van der Waals surface area contributed by atoms with E-state index >= 15 is 0 Å². The first-order chi connectivity index (χ1) is 15.9. The lowest BCUT2D eigenvalue weighted by Gasteiger charge is -2.20. The molecular formula is C27H25N3O3. The maximum atomic E-state index is 13.1. The molecule has 6 nitrogen and oxygen atoms in total. The number of allylic oxidation sites excluding steroid dienone is 2. The number of anilines is 1. The number of aryl methyl sites for hydroxylation is 1. The van der Waals surface area contributed by atoms with Crippen molar-refractivity contribution < 1.29 is 14.4 Å². The summed E-state index contributed by atoms with van der Waals surface area (Å²) < 4.78 is 0. The summed E-state index contributed by atoms with van der Waals surface area (Å²) in [4.78, 5) is 39.8. The summed E-state index contributed by atoms with van der Waals surface area (Å²) in [5, 5.41) is 6.17. The third-order valence-corrected chi connectivity index (χ3v) is 7.59. The normalized spacial score (nSPS) is 29.8. The first kappa shape index (κ1) is 20.1. The number of benzene rings is 2. The van der Waals surface area contributed by atoms with Gasteiger partial charge < -0.3 is 0 Å². The summed E-state index contributed by atoms with van der Waals surface area (Å²) in [5.41, 5.74) is 4.52. The standard InChI is InChI=1S/C27H25N3O3/c1-15-4-3-5-18(12-15)23-14-22(28-30(23)16(2)31)17-8-10-21(11-9-17)29-26(32)24-19-6-7-20(13-19)25(24)27(29)33/h3-12,19-20,23-25H,13-14H2,1-2H3/t19-,20+,23?,24-,25+. The summed E-state index contributed by atoms with van der Waals surface area (Å²) in [6.45, 7) is 3.56. The number of imide groups is 1. The fourth-order valence-electron chi connectivity index (χ4n) is 6.07. The zero-order chi connectivity index (χ0) is 22.9. The van der Waals surface area contributed by atoms with Crippen LogP contribution in [0.15, 0.2) is 65.8 Å². The number of fused-ring (bicyclic) bond motifs is 5. The zero-order valence-electron chi connectivity index (χ0n) is 18.6. The van der Waals surface area contributed by atoms with Crippen LogP contribution in [0.2, 0.25) is 0 Å². The Bertz CT molecular complexity index is 1220. The van der Waals surface area contributed by atoms with Crippen molar-refractivity contribution in [2.75, 3.05) is 4.90 Å². The van der Waals surface area contributed by atoms with Gasteiger partial charge in [0.2, 0.25) is 17.7 Å². The fraction of sp³-hybridized carbons (Fsp3) is 0.333. The van der Waals surface area contributed by atoms with Gasteiger partial charge in [0.1, 0.15) is 0 Å². The highest BCUT2D eigenvalue weighted by Crippen LogP contribution is 2.53. The maximum absolute atomic E-state index is 13.1. The molecule has 2 aliphatic carbocycles. The SMILES string of the molecule is CC(=O)N1N=C(c2ccc(N3C(=O)[C@@H]4[C@H](C3=O)[C@@H]3C=C[C@H]4C3)cc2)CC1c1cccc(C)c1. The largest absolute Gasteiger partial charge is 0.274 e. The molecule has 5 atom stereocenters. The molecule has 0 N–H and O–H groups in total. The second-order valence-electron chi connectivity index (χ2n) is 9.60. The minimum absolute atomic E-state index is 0.0740. The molecule has 0 radical (unpaired) electrons. The number of hydrogen-bond acceptors (Lipinski definition) is 4. The molecule has 6 heteroatoms. The van der Waals surface area contributed by atoms with Crippen LogP contribution >= 0.6 is 0 Å². The van der Waals surface area contributed by atoms with E-state index in [-0.39, 0.29) is 47.4 Å². The zero-order valence-corrected chi connectivity index (χ0v) is 18.6. The Hall–Kier alpha value is -3.54. The van der Waals surface area contributed by atoms with E-state index in [4.69, 9.17) is 0 Å². The van der Waals surface area contributed by atoms with E-state index in [1.807, 2.05) is 49.4 Å². The molecule has 4 aliphatic rings. The molecule has 2 bridgehead atoms. The highest BCUT2D eigenvalue weighted by Gasteiger charge is 2.59. The number of hydrogen-bond donors (Lipinski definition) is 0. The molecule has 2 heterocycles. The van der Waals surface area contributed by atoms with E-state index in [1.54, 1.807) is 5.01 Å². The Morgan fingerprint density at radius 3 is 2.24 bits per heavy atom. The fourth-order valence-corrected chi connectivity index (χ4v) is 6.07. The number of nitrogens with zero attached hydrogens (tertiary/aromatic N) is 3. The number of rotatable bonds is 3. The molecule has 2 aliphatic heterocycles. The van der Waals surface area contributed by atoms with Crippen LogP contribution in [0.3, 0.4) is 0 Å². The van der Waals surface area contributed by atoms with E-state index in [0.29, 0.717) is 12.1 Å². The summed E-state index contributed by atoms with van der Waals surface area (Å²) in [5.74, 6) is -0.258. The summed E-state index contributed by atoms with van der Waals surface area (Å²) in [6.07, 6.45) is 5.75. The molecule has 6 rings (SSSR count). The second kappa shape index (κ2) is 7.24. The first-order valence-corrected chi connectivity index (χ1v) is 11.5. The van der Waals surface area contributed by atoms with Gasteiger partial charge in [-0.25, -0.2) is 5.01 Å². The second-order valence-corrected chi connectivity index (χ2v) is 9.60. The predicted molar refractivity (Wildman–Crippen MR) is 124 cm³/mol. The van der Waals surface area contributed by atoms with Crippen molar-refractivity contribution in [2.24, 2.45) is 28.8 Å². The molecular weight excluding hydrogens is 414 g/mol. The lowest BCUT2D eigenvalue weighted by molar-refractivity contribution is -0.130. The van der Waals surface area contributed by atoms with Gasteiger partial charge in [-0.1, -0.05) is 54.1 Å². The third-order valence-electron chi connectivity index (χ3n) is 7.59. The van der Waals surface area contributed by atoms with Gasteiger partial charge in [0, 0.05) is 13.3 Å². The molecule has 2 fully saturated rings. The summed E-state index contributed by atoms with van der Waals surface area (Å²) in [7, 11) is 0. The summed E-state index contributed by atoms with van der Waals surface area (Å²) in [6, 6.07) is 15.4. The van der Waals surface area contributed by atoms with Crippen LogP contribution in [0.5, 0.6) is 0 Å². The average Bonchev–Trinajstić information content (AvgIpc) is 3.57. The van der Waals surface area contributed by atoms with Crippen molar-refractivity contribution in [3.63, 3.8) is 0 Å². The van der Waals surface area contributed by atoms with Gasteiger partial charge in [-0.2, -0.15) is 5.10 Å². The molecule has 166 valence electrons. The Morgan fingerprint density at radius 1 is 0.970 bits per heavy atom. The van der Waals surface area contributed by atoms with Crippen LogP contribution in [0.4, 0.5) is 5.69 Å². The quantitative estimate of drug-likeness (QED) is 0.536.